The first-order valence-corrected chi connectivity index (χ1v) is 7.09. The molecule has 1 aliphatic carbocycles. The summed E-state index contributed by atoms with van der Waals surface area (Å²) in [6, 6.07) is 1.19. The molecule has 1 aliphatic rings. The van der Waals surface area contributed by atoms with Gasteiger partial charge in [-0.1, -0.05) is 18.0 Å². The molecule has 2 rings (SSSR count). The summed E-state index contributed by atoms with van der Waals surface area (Å²) in [6.07, 6.45) is 3.87. The number of nitrogens with one attached hydrogen (secondary N) is 1. The predicted octanol–water partition coefficient (Wildman–Crippen LogP) is 1.78. The smallest absolute Gasteiger partial charge is 0.300 e. The van der Waals surface area contributed by atoms with Crippen molar-refractivity contribution in [1.29, 1.82) is 0 Å². The molecule has 7 nitrogen and oxygen atoms in total. The summed E-state index contributed by atoms with van der Waals surface area (Å²) < 4.78 is 0. The van der Waals surface area contributed by atoms with Crippen LogP contribution in [0, 0.1) is 22.0 Å². The van der Waals surface area contributed by atoms with Gasteiger partial charge in [0.25, 0.3) is 11.6 Å². The van der Waals surface area contributed by atoms with Gasteiger partial charge in [0, 0.05) is 13.2 Å². The van der Waals surface area contributed by atoms with Crippen LogP contribution in [0.4, 0.5) is 5.69 Å². The van der Waals surface area contributed by atoms with E-state index in [0.29, 0.717) is 6.54 Å². The number of nitrogens with zero attached hydrogens (tertiary/aromatic N) is 2. The van der Waals surface area contributed by atoms with E-state index in [2.05, 4.69) is 10.3 Å². The lowest BCUT2D eigenvalue weighted by molar-refractivity contribution is -0.385. The van der Waals surface area contributed by atoms with Crippen molar-refractivity contribution in [2.75, 3.05) is 13.2 Å². The third kappa shape index (κ3) is 3.68. The minimum absolute atomic E-state index is 0.0276. The van der Waals surface area contributed by atoms with E-state index in [1.54, 1.807) is 0 Å². The van der Waals surface area contributed by atoms with Gasteiger partial charge < -0.3 is 10.4 Å². The Morgan fingerprint density at radius 1 is 1.52 bits per heavy atom. The fraction of sp³-hybridized carbons (Fsp3) is 0.538. The van der Waals surface area contributed by atoms with Gasteiger partial charge >= 0.3 is 0 Å². The number of aliphatic hydroxyl groups excluding tert-OH is 1. The van der Waals surface area contributed by atoms with Crippen LogP contribution in [0.15, 0.2) is 12.3 Å². The lowest BCUT2D eigenvalue weighted by atomic mass is 9.97. The predicted molar refractivity (Wildman–Crippen MR) is 76.2 cm³/mol. The molecule has 0 bridgehead atoms. The molecule has 1 aromatic rings. The van der Waals surface area contributed by atoms with Crippen LogP contribution < -0.4 is 5.32 Å². The molecule has 1 amide bonds. The number of halogens is 1. The summed E-state index contributed by atoms with van der Waals surface area (Å²) in [7, 11) is 0. The SMILES string of the molecule is O=C(NCC1CCCC1CO)c1cc(Cl)ncc1[N+](=O)[O-]. The quantitative estimate of drug-likeness (QED) is 0.489. The van der Waals surface area contributed by atoms with Crippen molar-refractivity contribution in [2.24, 2.45) is 11.8 Å². The Hall–Kier alpha value is -1.73. The average Bonchev–Trinajstić information content (AvgIpc) is 2.91. The number of aromatic nitrogens is 1. The molecule has 8 heteroatoms. The Kier molecular flexibility index (Phi) is 5.08. The van der Waals surface area contributed by atoms with E-state index in [9.17, 15) is 20.0 Å². The highest BCUT2D eigenvalue weighted by molar-refractivity contribution is 6.29. The lowest BCUT2D eigenvalue weighted by Gasteiger charge is -2.17. The van der Waals surface area contributed by atoms with Crippen LogP contribution in [0.25, 0.3) is 0 Å². The molecular formula is C13H16ClN3O4. The maximum Gasteiger partial charge on any atom is 0.300 e. The third-order valence-electron chi connectivity index (χ3n) is 3.87. The summed E-state index contributed by atoms with van der Waals surface area (Å²) >= 11 is 5.69. The third-order valence-corrected chi connectivity index (χ3v) is 4.07. The highest BCUT2D eigenvalue weighted by atomic mass is 35.5. The largest absolute Gasteiger partial charge is 0.396 e. The molecule has 114 valence electrons. The molecule has 0 aromatic carbocycles. The van der Waals surface area contributed by atoms with Crippen LogP contribution >= 0.6 is 11.6 Å². The lowest BCUT2D eigenvalue weighted by Crippen LogP contribution is -2.32. The van der Waals surface area contributed by atoms with Crippen molar-refractivity contribution < 1.29 is 14.8 Å². The van der Waals surface area contributed by atoms with Gasteiger partial charge in [0.05, 0.1) is 4.92 Å². The van der Waals surface area contributed by atoms with Crippen molar-refractivity contribution in [3.05, 3.63) is 33.1 Å². The summed E-state index contributed by atoms with van der Waals surface area (Å²) in [6.45, 7) is 0.489. The van der Waals surface area contributed by atoms with E-state index >= 15 is 0 Å². The number of carbonyl (C=O) groups is 1. The van der Waals surface area contributed by atoms with Crippen molar-refractivity contribution in [3.8, 4) is 0 Å². The normalized spacial score (nSPS) is 21.2. The Labute approximate surface area is 126 Å². The number of carbonyl (C=O) groups excluding carboxylic acids is 1. The van der Waals surface area contributed by atoms with Crippen LogP contribution in [0.2, 0.25) is 5.15 Å². The van der Waals surface area contributed by atoms with Crippen LogP contribution in [0.5, 0.6) is 0 Å². The Morgan fingerprint density at radius 3 is 2.90 bits per heavy atom. The van der Waals surface area contributed by atoms with E-state index in [1.165, 1.54) is 6.07 Å². The number of aliphatic hydroxyl groups is 1. The van der Waals surface area contributed by atoms with Crippen molar-refractivity contribution in [3.63, 3.8) is 0 Å². The van der Waals surface area contributed by atoms with Crippen LogP contribution in [-0.4, -0.2) is 34.1 Å². The Bertz CT molecular complexity index is 552. The zero-order chi connectivity index (χ0) is 15.4. The minimum Gasteiger partial charge on any atom is -0.396 e. The Balaban J connectivity index is 2.06. The van der Waals surface area contributed by atoms with Crippen LogP contribution in [0.3, 0.4) is 0 Å². The molecule has 1 aromatic heterocycles. The fourth-order valence-corrected chi connectivity index (χ4v) is 2.85. The molecule has 21 heavy (non-hydrogen) atoms. The number of rotatable bonds is 5. The van der Waals surface area contributed by atoms with Gasteiger partial charge in [-0.2, -0.15) is 0 Å². The average molecular weight is 314 g/mol. The van der Waals surface area contributed by atoms with Crippen molar-refractivity contribution in [1.82, 2.24) is 10.3 Å². The number of hydrogen-bond donors (Lipinski definition) is 2. The second kappa shape index (κ2) is 6.82. The van der Waals surface area contributed by atoms with Gasteiger partial charge in [-0.3, -0.25) is 14.9 Å². The fourth-order valence-electron chi connectivity index (χ4n) is 2.69. The summed E-state index contributed by atoms with van der Waals surface area (Å²) in [5.74, 6) is -0.161. The highest BCUT2D eigenvalue weighted by Crippen LogP contribution is 2.30. The maximum absolute atomic E-state index is 12.1. The van der Waals surface area contributed by atoms with Crippen molar-refractivity contribution >= 4 is 23.2 Å². The van der Waals surface area contributed by atoms with Gasteiger partial charge in [-0.15, -0.1) is 0 Å². The topological polar surface area (TPSA) is 105 Å². The van der Waals surface area contributed by atoms with Gasteiger partial charge in [-0.05, 0) is 30.7 Å². The van der Waals surface area contributed by atoms with E-state index in [0.717, 1.165) is 25.5 Å². The molecule has 0 spiro atoms. The summed E-state index contributed by atoms with van der Waals surface area (Å²) in [5, 5.41) is 22.9. The maximum atomic E-state index is 12.1. The minimum atomic E-state index is -0.662. The molecule has 1 fully saturated rings. The van der Waals surface area contributed by atoms with Crippen LogP contribution in [0.1, 0.15) is 29.6 Å². The standard InChI is InChI=1S/C13H16ClN3O4/c14-12-4-10(11(6-15-12)17(20)21)13(19)16-5-8-2-1-3-9(8)7-18/h4,6,8-9,18H,1-3,5,7H2,(H,16,19). The molecule has 0 saturated heterocycles. The second-order valence-corrected chi connectivity index (χ2v) is 5.51. The van der Waals surface area contributed by atoms with Crippen LogP contribution in [-0.2, 0) is 0 Å². The zero-order valence-electron chi connectivity index (χ0n) is 11.3. The molecule has 1 heterocycles. The highest BCUT2D eigenvalue weighted by Gasteiger charge is 2.28. The van der Waals surface area contributed by atoms with E-state index in [-0.39, 0.29) is 34.8 Å². The number of amides is 1. The molecular weight excluding hydrogens is 298 g/mol. The summed E-state index contributed by atoms with van der Waals surface area (Å²) in [5.41, 5.74) is -0.472. The molecule has 2 unspecified atom stereocenters. The number of pyridine rings is 1. The molecule has 0 radical (unpaired) electrons. The first-order valence-electron chi connectivity index (χ1n) is 6.72. The van der Waals surface area contributed by atoms with Gasteiger partial charge in [0.15, 0.2) is 0 Å². The molecule has 2 N–H and O–H groups in total. The van der Waals surface area contributed by atoms with E-state index < -0.39 is 10.8 Å². The van der Waals surface area contributed by atoms with E-state index in [4.69, 9.17) is 11.6 Å². The number of nitro groups is 1. The monoisotopic (exact) mass is 313 g/mol. The second-order valence-electron chi connectivity index (χ2n) is 5.12. The number of hydrogen-bond acceptors (Lipinski definition) is 5. The van der Waals surface area contributed by atoms with Gasteiger partial charge in [0.2, 0.25) is 0 Å². The molecule has 2 atom stereocenters. The van der Waals surface area contributed by atoms with Crippen molar-refractivity contribution in [2.45, 2.75) is 19.3 Å². The Morgan fingerprint density at radius 2 is 2.24 bits per heavy atom. The van der Waals surface area contributed by atoms with Gasteiger partial charge in [-0.25, -0.2) is 4.98 Å². The molecule has 1 saturated carbocycles. The first-order chi connectivity index (χ1) is 10.0. The summed E-state index contributed by atoms with van der Waals surface area (Å²) in [4.78, 5) is 26.0. The first kappa shape index (κ1) is 15.7. The molecule has 0 aliphatic heterocycles. The van der Waals surface area contributed by atoms with E-state index in [1.807, 2.05) is 0 Å². The zero-order valence-corrected chi connectivity index (χ0v) is 12.0. The van der Waals surface area contributed by atoms with Gasteiger partial charge in [0.1, 0.15) is 16.9 Å².